The molecule has 1 aliphatic heterocycles. The van der Waals surface area contributed by atoms with Gasteiger partial charge in [0.2, 0.25) is 11.8 Å². The summed E-state index contributed by atoms with van der Waals surface area (Å²) in [6.07, 6.45) is 4.28. The van der Waals surface area contributed by atoms with Gasteiger partial charge in [-0.15, -0.1) is 0 Å². The third-order valence-corrected chi connectivity index (χ3v) is 6.43. The lowest BCUT2D eigenvalue weighted by atomic mass is 10.1. The van der Waals surface area contributed by atoms with Gasteiger partial charge >= 0.3 is 0 Å². The molecule has 4 nitrogen and oxygen atoms in total. The zero-order chi connectivity index (χ0) is 19.1. The van der Waals surface area contributed by atoms with Gasteiger partial charge < -0.3 is 0 Å². The fourth-order valence-corrected chi connectivity index (χ4v) is 4.79. The number of hydrogen-bond donors (Lipinski definition) is 0. The Kier molecular flexibility index (Phi) is 6.93. The fourth-order valence-electron chi connectivity index (χ4n) is 3.28. The predicted octanol–water partition coefficient (Wildman–Crippen LogP) is 3.82. The number of aryl methyl sites for hydroxylation is 1. The van der Waals surface area contributed by atoms with Crippen molar-refractivity contribution < 1.29 is 13.8 Å². The van der Waals surface area contributed by atoms with Gasteiger partial charge in [-0.05, 0) is 30.4 Å². The summed E-state index contributed by atoms with van der Waals surface area (Å²) >= 11 is 0. The van der Waals surface area contributed by atoms with Crippen molar-refractivity contribution in [3.63, 3.8) is 0 Å². The molecule has 3 rings (SSSR count). The maximum Gasteiger partial charge on any atom is 0.233 e. The summed E-state index contributed by atoms with van der Waals surface area (Å²) in [6, 6.07) is 19.8. The van der Waals surface area contributed by atoms with Crippen molar-refractivity contribution in [1.29, 1.82) is 0 Å². The largest absolute Gasteiger partial charge is 0.274 e. The molecule has 0 aliphatic carbocycles. The number of carbonyl (C=O) groups is 2. The van der Waals surface area contributed by atoms with Gasteiger partial charge in [0.25, 0.3) is 0 Å². The third kappa shape index (κ3) is 5.36. The molecule has 5 heteroatoms. The molecule has 0 radical (unpaired) electrons. The maximum atomic E-state index is 12.6. The van der Waals surface area contributed by atoms with Crippen LogP contribution in [0.25, 0.3) is 0 Å². The van der Waals surface area contributed by atoms with E-state index in [1.165, 1.54) is 10.5 Å². The van der Waals surface area contributed by atoms with E-state index in [0.29, 0.717) is 12.2 Å². The van der Waals surface area contributed by atoms with E-state index in [9.17, 15) is 13.8 Å². The van der Waals surface area contributed by atoms with Crippen LogP contribution in [-0.4, -0.2) is 26.3 Å². The van der Waals surface area contributed by atoms with Gasteiger partial charge in [0.15, 0.2) is 0 Å². The summed E-state index contributed by atoms with van der Waals surface area (Å²) in [7, 11) is -1.25. The van der Waals surface area contributed by atoms with Crippen LogP contribution in [0.4, 0.5) is 0 Å². The van der Waals surface area contributed by atoms with E-state index in [1.54, 1.807) is 0 Å². The highest BCUT2D eigenvalue weighted by atomic mass is 32.2. The van der Waals surface area contributed by atoms with Crippen LogP contribution in [0, 0.1) is 0 Å². The third-order valence-electron chi connectivity index (χ3n) is 4.83. The van der Waals surface area contributed by atoms with Gasteiger partial charge in [0.1, 0.15) is 5.37 Å². The molecule has 2 aromatic carbocycles. The van der Waals surface area contributed by atoms with Crippen molar-refractivity contribution >= 4 is 22.6 Å². The van der Waals surface area contributed by atoms with Crippen molar-refractivity contribution in [2.24, 2.45) is 0 Å². The Morgan fingerprint density at radius 1 is 0.926 bits per heavy atom. The van der Waals surface area contributed by atoms with Crippen LogP contribution in [0.15, 0.2) is 60.7 Å². The highest BCUT2D eigenvalue weighted by Gasteiger charge is 2.43. The first-order valence-corrected chi connectivity index (χ1v) is 10.8. The molecular weight excluding hydrogens is 358 g/mol. The summed E-state index contributed by atoms with van der Waals surface area (Å²) in [4.78, 5) is 25.5. The van der Waals surface area contributed by atoms with E-state index in [1.807, 2.05) is 48.5 Å². The number of unbranched alkanes of at least 4 members (excludes halogenated alkanes) is 2. The van der Waals surface area contributed by atoms with E-state index < -0.39 is 16.2 Å². The molecule has 2 aromatic rings. The smallest absolute Gasteiger partial charge is 0.233 e. The minimum atomic E-state index is -1.25. The molecule has 0 bridgehead atoms. The first kappa shape index (κ1) is 19.5. The Labute approximate surface area is 163 Å². The molecule has 2 atom stereocenters. The molecule has 1 aliphatic rings. The summed E-state index contributed by atoms with van der Waals surface area (Å²) in [6.45, 7) is 0. The Morgan fingerprint density at radius 3 is 2.19 bits per heavy atom. The molecule has 142 valence electrons. The molecule has 2 amide bonds. The number of hydrogen-bond acceptors (Lipinski definition) is 3. The van der Waals surface area contributed by atoms with Crippen molar-refractivity contribution in [3.8, 4) is 0 Å². The van der Waals surface area contributed by atoms with E-state index in [-0.39, 0.29) is 18.2 Å². The van der Waals surface area contributed by atoms with Crippen LogP contribution in [0.1, 0.15) is 43.2 Å². The van der Waals surface area contributed by atoms with Crippen LogP contribution >= 0.6 is 0 Å². The number of benzene rings is 2. The minimum Gasteiger partial charge on any atom is -0.274 e. The lowest BCUT2D eigenvalue weighted by molar-refractivity contribution is -0.154. The zero-order valence-corrected chi connectivity index (χ0v) is 16.2. The molecule has 0 saturated carbocycles. The Balaban J connectivity index is 1.41. The number of nitrogens with zero attached hydrogens (tertiary/aromatic N) is 1. The monoisotopic (exact) mass is 383 g/mol. The second kappa shape index (κ2) is 9.60. The molecule has 0 aromatic heterocycles. The summed E-state index contributed by atoms with van der Waals surface area (Å²) < 4.78 is 12.6. The maximum absolute atomic E-state index is 12.6. The summed E-state index contributed by atoms with van der Waals surface area (Å²) in [5, 5.41) is -0.463. The van der Waals surface area contributed by atoms with E-state index in [0.717, 1.165) is 31.2 Å². The molecule has 0 spiro atoms. The first-order chi connectivity index (χ1) is 13.1. The van der Waals surface area contributed by atoms with Gasteiger partial charge in [-0.1, -0.05) is 67.1 Å². The molecular formula is C22H25NO3S. The van der Waals surface area contributed by atoms with Gasteiger partial charge in [-0.2, -0.15) is 0 Å². The van der Waals surface area contributed by atoms with E-state index in [4.69, 9.17) is 0 Å². The number of imide groups is 1. The van der Waals surface area contributed by atoms with Crippen molar-refractivity contribution in [3.05, 3.63) is 71.8 Å². The lowest BCUT2D eigenvalue weighted by Gasteiger charge is -2.37. The van der Waals surface area contributed by atoms with Crippen molar-refractivity contribution in [2.45, 2.75) is 49.7 Å². The van der Waals surface area contributed by atoms with Crippen LogP contribution in [0.2, 0.25) is 0 Å². The molecule has 1 saturated heterocycles. The molecule has 1 fully saturated rings. The van der Waals surface area contributed by atoms with Gasteiger partial charge in [-0.25, -0.2) is 0 Å². The first-order valence-electron chi connectivity index (χ1n) is 9.45. The molecule has 2 unspecified atom stereocenters. The van der Waals surface area contributed by atoms with Crippen molar-refractivity contribution in [2.75, 3.05) is 0 Å². The fraction of sp³-hybridized carbons (Fsp3) is 0.364. The minimum absolute atomic E-state index is 0.183. The SMILES string of the molecule is O=C(CCCCCc1ccccc1)N1C(=O)CC1S(=O)Cc1ccccc1. The molecule has 1 heterocycles. The number of likely N-dealkylation sites (tertiary alicyclic amines) is 1. The van der Waals surface area contributed by atoms with E-state index in [2.05, 4.69) is 12.1 Å². The second-order valence-corrected chi connectivity index (χ2v) is 8.47. The Morgan fingerprint density at radius 2 is 1.56 bits per heavy atom. The number of carbonyl (C=O) groups excluding carboxylic acids is 2. The highest BCUT2D eigenvalue weighted by Crippen LogP contribution is 2.26. The normalized spacial score (nSPS) is 17.4. The average Bonchev–Trinajstić information content (AvgIpc) is 2.67. The quantitative estimate of drug-likeness (QED) is 0.489. The Hall–Kier alpha value is -2.27. The van der Waals surface area contributed by atoms with E-state index >= 15 is 0 Å². The van der Waals surface area contributed by atoms with Crippen LogP contribution in [-0.2, 0) is 32.6 Å². The average molecular weight is 384 g/mol. The molecule has 0 N–H and O–H groups in total. The summed E-state index contributed by atoms with van der Waals surface area (Å²) in [5.41, 5.74) is 2.27. The second-order valence-electron chi connectivity index (χ2n) is 6.87. The summed E-state index contributed by atoms with van der Waals surface area (Å²) in [5.74, 6) is -0.00677. The highest BCUT2D eigenvalue weighted by molar-refractivity contribution is 7.85. The van der Waals surface area contributed by atoms with Crippen LogP contribution in [0.3, 0.4) is 0 Å². The van der Waals surface area contributed by atoms with Gasteiger partial charge in [-0.3, -0.25) is 18.7 Å². The topological polar surface area (TPSA) is 54.5 Å². The number of rotatable bonds is 9. The zero-order valence-electron chi connectivity index (χ0n) is 15.4. The number of amides is 2. The van der Waals surface area contributed by atoms with Gasteiger partial charge in [0.05, 0.1) is 12.2 Å². The van der Waals surface area contributed by atoms with Crippen LogP contribution in [0.5, 0.6) is 0 Å². The lowest BCUT2D eigenvalue weighted by Crippen LogP contribution is -2.57. The standard InChI is InChI=1S/C22H25NO3S/c24-20(15-9-3-6-12-18-10-4-1-5-11-18)23-21(25)16-22(23)27(26)17-19-13-7-2-8-14-19/h1-2,4-5,7-8,10-11,13-14,22H,3,6,9,12,15-17H2. The molecule has 27 heavy (non-hydrogen) atoms. The number of β-lactam (4-membered cyclic amide) rings is 1. The Bertz CT molecular complexity index is 792. The van der Waals surface area contributed by atoms with Crippen LogP contribution < -0.4 is 0 Å². The van der Waals surface area contributed by atoms with Gasteiger partial charge in [0, 0.05) is 17.2 Å². The predicted molar refractivity (Wildman–Crippen MR) is 107 cm³/mol. The van der Waals surface area contributed by atoms with Crippen molar-refractivity contribution in [1.82, 2.24) is 4.90 Å².